The zero-order valence-electron chi connectivity index (χ0n) is 36.3. The van der Waals surface area contributed by atoms with Crippen LogP contribution in [0.4, 0.5) is 4.79 Å². The Labute approximate surface area is 333 Å². The van der Waals surface area contributed by atoms with E-state index in [2.05, 4.69) is 79.0 Å². The van der Waals surface area contributed by atoms with Gasteiger partial charge in [-0.1, -0.05) is 48.5 Å². The van der Waals surface area contributed by atoms with E-state index >= 15 is 0 Å². The highest BCUT2D eigenvalue weighted by Crippen LogP contribution is 2.89. The van der Waals surface area contributed by atoms with Gasteiger partial charge in [-0.2, -0.15) is 0 Å². The number of aliphatic hydroxyl groups is 1. The molecule has 55 heavy (non-hydrogen) atoms. The fourth-order valence-corrected chi connectivity index (χ4v) is 15.8. The van der Waals surface area contributed by atoms with Gasteiger partial charge in [-0.15, -0.1) is 0 Å². The smallest absolute Gasteiger partial charge is 0.410 e. The second-order valence-corrected chi connectivity index (χ2v) is 23.1. The van der Waals surface area contributed by atoms with Crippen molar-refractivity contribution in [1.29, 1.82) is 0 Å². The van der Waals surface area contributed by atoms with E-state index in [4.69, 9.17) is 18.9 Å². The molecule has 0 aromatic heterocycles. The van der Waals surface area contributed by atoms with Crippen LogP contribution in [0.5, 0.6) is 0 Å². The molecule has 9 aliphatic rings. The van der Waals surface area contributed by atoms with Gasteiger partial charge in [0.1, 0.15) is 6.10 Å². The van der Waals surface area contributed by atoms with Crippen molar-refractivity contribution >= 4 is 6.09 Å². The molecule has 14 atom stereocenters. The van der Waals surface area contributed by atoms with Gasteiger partial charge in [0.2, 0.25) is 0 Å². The monoisotopic (exact) mass is 768 g/mol. The standard InChI is InChI=1S/C46H77N3O6/c1-28(2)37(55-40(51)48-18-11-19-48)31-22-29(3)36-38(53-31)39(50)44(10)33-13-12-32-42(7,8)34(14-15-45(32)27-46(33,45)17-16-43(36,44)9)54-35-26-47(20-21-52-35)23-30-24-49(25-30)41(4,5)6/h28-39,50H,11-27H2,1-10H3. The van der Waals surface area contributed by atoms with Crippen molar-refractivity contribution in [2.75, 3.05) is 52.4 Å². The summed E-state index contributed by atoms with van der Waals surface area (Å²) in [5.41, 5.74) is 0.802. The van der Waals surface area contributed by atoms with Gasteiger partial charge in [0, 0.05) is 56.8 Å². The van der Waals surface area contributed by atoms with Gasteiger partial charge in [0.15, 0.2) is 6.29 Å². The van der Waals surface area contributed by atoms with Gasteiger partial charge < -0.3 is 29.0 Å². The lowest BCUT2D eigenvalue weighted by atomic mass is 9.41. The zero-order valence-corrected chi connectivity index (χ0v) is 36.3. The molecular formula is C46H77N3O6. The third-order valence-electron chi connectivity index (χ3n) is 19.0. The summed E-state index contributed by atoms with van der Waals surface area (Å²) in [5.74, 6) is 2.73. The number of nitrogens with zero attached hydrogens (tertiary/aromatic N) is 3. The van der Waals surface area contributed by atoms with Crippen molar-refractivity contribution in [2.45, 2.75) is 169 Å². The van der Waals surface area contributed by atoms with E-state index in [1.54, 1.807) is 0 Å². The number of aliphatic hydroxyl groups excluding tert-OH is 1. The van der Waals surface area contributed by atoms with Crippen LogP contribution in [0, 0.1) is 62.6 Å². The van der Waals surface area contributed by atoms with E-state index in [1.807, 2.05) is 4.90 Å². The number of likely N-dealkylation sites (tertiary alicyclic amines) is 2. The topological polar surface area (TPSA) is 83.9 Å². The molecule has 1 amide bonds. The lowest BCUT2D eigenvalue weighted by Crippen LogP contribution is -2.61. The van der Waals surface area contributed by atoms with Crippen molar-refractivity contribution in [3.8, 4) is 0 Å². The Morgan fingerprint density at radius 1 is 0.945 bits per heavy atom. The minimum Gasteiger partial charge on any atom is -0.443 e. The Bertz CT molecular complexity index is 1470. The zero-order chi connectivity index (χ0) is 39.1. The number of rotatable bonds is 7. The van der Waals surface area contributed by atoms with Crippen LogP contribution >= 0.6 is 0 Å². The van der Waals surface area contributed by atoms with Gasteiger partial charge in [-0.25, -0.2) is 4.79 Å². The maximum absolute atomic E-state index is 13.0. The highest BCUT2D eigenvalue weighted by atomic mass is 16.7. The number of carbonyl (C=O) groups excluding carboxylic acids is 1. The Kier molecular flexibility index (Phi) is 9.52. The minimum absolute atomic E-state index is 0.0141. The van der Waals surface area contributed by atoms with E-state index in [0.717, 1.165) is 64.5 Å². The molecule has 14 unspecified atom stereocenters. The molecule has 2 spiro atoms. The fraction of sp³-hybridized carbons (Fsp3) is 0.978. The second-order valence-electron chi connectivity index (χ2n) is 23.1. The molecule has 0 radical (unpaired) electrons. The number of fused-ring (bicyclic) bond motifs is 4. The number of ether oxygens (including phenoxy) is 4. The van der Waals surface area contributed by atoms with Crippen LogP contribution in [0.3, 0.4) is 0 Å². The number of hydrogen-bond acceptors (Lipinski definition) is 8. The molecular weight excluding hydrogens is 691 g/mol. The van der Waals surface area contributed by atoms with Gasteiger partial charge in [0.05, 0.1) is 31.0 Å². The maximum Gasteiger partial charge on any atom is 0.410 e. The third kappa shape index (κ3) is 5.75. The Morgan fingerprint density at radius 3 is 2.33 bits per heavy atom. The largest absolute Gasteiger partial charge is 0.443 e. The number of carbonyl (C=O) groups is 1. The molecule has 4 aliphatic heterocycles. The van der Waals surface area contributed by atoms with Crippen molar-refractivity contribution in [3.63, 3.8) is 0 Å². The maximum atomic E-state index is 13.0. The fourth-order valence-electron chi connectivity index (χ4n) is 15.8. The summed E-state index contributed by atoms with van der Waals surface area (Å²) in [4.78, 5) is 20.0. The molecule has 0 bridgehead atoms. The van der Waals surface area contributed by atoms with Crippen LogP contribution in [0.15, 0.2) is 0 Å². The number of amides is 1. The van der Waals surface area contributed by atoms with E-state index in [9.17, 15) is 9.90 Å². The Balaban J connectivity index is 0.884. The molecule has 9 nitrogen and oxygen atoms in total. The lowest BCUT2D eigenvalue weighted by molar-refractivity contribution is -0.250. The van der Waals surface area contributed by atoms with Crippen LogP contribution in [-0.2, 0) is 18.9 Å². The minimum atomic E-state index is -0.515. The highest BCUT2D eigenvalue weighted by molar-refractivity contribution is 5.68. The van der Waals surface area contributed by atoms with Gasteiger partial charge >= 0.3 is 6.09 Å². The van der Waals surface area contributed by atoms with Crippen LogP contribution in [-0.4, -0.2) is 121 Å². The summed E-state index contributed by atoms with van der Waals surface area (Å²) in [5, 5.41) is 12.8. The molecule has 312 valence electrons. The second kappa shape index (κ2) is 13.3. The number of hydrogen-bond donors (Lipinski definition) is 1. The quantitative estimate of drug-likeness (QED) is 0.287. The van der Waals surface area contributed by atoms with Crippen molar-refractivity contribution in [2.24, 2.45) is 62.6 Å². The molecule has 9 heteroatoms. The van der Waals surface area contributed by atoms with Crippen LogP contribution in [0.2, 0.25) is 0 Å². The van der Waals surface area contributed by atoms with Crippen LogP contribution < -0.4 is 0 Å². The van der Waals surface area contributed by atoms with Crippen molar-refractivity contribution < 1.29 is 28.8 Å². The lowest BCUT2D eigenvalue weighted by Gasteiger charge is -2.64. The first-order valence-corrected chi connectivity index (χ1v) is 22.9. The van der Waals surface area contributed by atoms with Crippen LogP contribution in [0.25, 0.3) is 0 Å². The molecule has 4 saturated heterocycles. The molecule has 9 fully saturated rings. The van der Waals surface area contributed by atoms with E-state index < -0.39 is 6.10 Å². The van der Waals surface area contributed by atoms with Gasteiger partial charge in [-0.3, -0.25) is 9.80 Å². The SMILES string of the molecule is CC(C)C(OC(=O)N1CCC1)C1CC(C)C2C(O1)C(O)C1(C)C3CCC4C(C)(C)C(OC5CN(CC6CN(C(C)(C)C)C6)CCO5)CCC45CC35CCC21C. The molecule has 4 heterocycles. The summed E-state index contributed by atoms with van der Waals surface area (Å²) in [7, 11) is 0. The van der Waals surface area contributed by atoms with Gasteiger partial charge in [-0.05, 0) is 136 Å². The van der Waals surface area contributed by atoms with Crippen molar-refractivity contribution in [1.82, 2.24) is 14.7 Å². The van der Waals surface area contributed by atoms with E-state index in [-0.39, 0.29) is 64.5 Å². The normalized spacial score (nSPS) is 48.7. The molecule has 5 saturated carbocycles. The summed E-state index contributed by atoms with van der Waals surface area (Å²) in [6.45, 7) is 31.5. The molecule has 0 aromatic carbocycles. The molecule has 5 aliphatic carbocycles. The molecule has 0 aromatic rings. The first-order valence-electron chi connectivity index (χ1n) is 22.9. The summed E-state index contributed by atoms with van der Waals surface area (Å²) < 4.78 is 26.7. The van der Waals surface area contributed by atoms with Crippen molar-refractivity contribution in [3.05, 3.63) is 0 Å². The predicted molar refractivity (Wildman–Crippen MR) is 213 cm³/mol. The summed E-state index contributed by atoms with van der Waals surface area (Å²) >= 11 is 0. The van der Waals surface area contributed by atoms with E-state index in [1.165, 1.54) is 51.6 Å². The molecule has 9 rings (SSSR count). The average molecular weight is 768 g/mol. The van der Waals surface area contributed by atoms with Gasteiger partial charge in [0.25, 0.3) is 0 Å². The Hall–Kier alpha value is -0.970. The summed E-state index contributed by atoms with van der Waals surface area (Å²) in [6, 6.07) is 0. The number of morpholine rings is 1. The third-order valence-corrected chi connectivity index (χ3v) is 19.0. The molecule has 1 N–H and O–H groups in total. The first-order chi connectivity index (χ1) is 25.9. The van der Waals surface area contributed by atoms with Crippen LogP contribution in [0.1, 0.15) is 127 Å². The highest BCUT2D eigenvalue weighted by Gasteiger charge is 2.84. The average Bonchev–Trinajstić information content (AvgIpc) is 3.69. The predicted octanol–water partition coefficient (Wildman–Crippen LogP) is 7.44. The Morgan fingerprint density at radius 2 is 1.65 bits per heavy atom. The van der Waals surface area contributed by atoms with E-state index in [0.29, 0.717) is 34.5 Å². The summed E-state index contributed by atoms with van der Waals surface area (Å²) in [6.07, 6.45) is 9.11. The first kappa shape index (κ1) is 39.5.